The van der Waals surface area contributed by atoms with Crippen molar-refractivity contribution in [2.24, 2.45) is 0 Å². The van der Waals surface area contributed by atoms with Gasteiger partial charge >= 0.3 is 0 Å². The summed E-state index contributed by atoms with van der Waals surface area (Å²) in [7, 11) is 0. The smallest absolute Gasteiger partial charge is 0.0791 e. The lowest BCUT2D eigenvalue weighted by atomic mass is 10.2. The quantitative estimate of drug-likeness (QED) is 0.606. The van der Waals surface area contributed by atoms with E-state index in [1.807, 2.05) is 0 Å². The minimum atomic E-state index is -0.206. The Morgan fingerprint density at radius 3 is 2.67 bits per heavy atom. The largest absolute Gasteiger partial charge is 0.390 e. The summed E-state index contributed by atoms with van der Waals surface area (Å²) < 4.78 is 0. The van der Waals surface area contributed by atoms with E-state index < -0.39 is 0 Å². The van der Waals surface area contributed by atoms with Crippen molar-refractivity contribution in [3.8, 4) is 0 Å². The molecular weight excluding hydrogens is 188 g/mol. The van der Waals surface area contributed by atoms with E-state index >= 15 is 0 Å². The number of hydrogen-bond acceptors (Lipinski definition) is 3. The van der Waals surface area contributed by atoms with Crippen molar-refractivity contribution >= 4 is 0 Å². The molecule has 0 spiro atoms. The van der Waals surface area contributed by atoms with Crippen LogP contribution in [0.3, 0.4) is 0 Å². The SMILES string of the molecule is CCCCN(CC)C[C@@H](O)CNC1CC1. The molecule has 3 nitrogen and oxygen atoms in total. The summed E-state index contributed by atoms with van der Waals surface area (Å²) in [6, 6.07) is 0.699. The standard InChI is InChI=1S/C12H26N2O/c1-3-5-8-14(4-2)10-12(15)9-13-11-6-7-11/h11-13,15H,3-10H2,1-2H3/t12-/m0/s1. The molecule has 0 amide bonds. The number of nitrogens with zero attached hydrogens (tertiary/aromatic N) is 1. The molecule has 0 aromatic rings. The summed E-state index contributed by atoms with van der Waals surface area (Å²) in [6.45, 7) is 8.10. The molecule has 1 aliphatic rings. The van der Waals surface area contributed by atoms with Crippen molar-refractivity contribution in [3.05, 3.63) is 0 Å². The molecule has 0 saturated heterocycles. The molecule has 0 unspecified atom stereocenters. The molecule has 1 saturated carbocycles. The number of aliphatic hydroxyl groups is 1. The van der Waals surface area contributed by atoms with Crippen LogP contribution in [0.15, 0.2) is 0 Å². The predicted molar refractivity (Wildman–Crippen MR) is 64.1 cm³/mol. The summed E-state index contributed by atoms with van der Waals surface area (Å²) in [4.78, 5) is 2.34. The molecule has 0 radical (unpaired) electrons. The Labute approximate surface area is 93.9 Å². The molecule has 0 bridgehead atoms. The van der Waals surface area contributed by atoms with Crippen LogP contribution in [-0.2, 0) is 0 Å². The van der Waals surface area contributed by atoms with Crippen LogP contribution in [0.4, 0.5) is 0 Å². The normalized spacial score (nSPS) is 18.4. The Kier molecular flexibility index (Phi) is 6.22. The van der Waals surface area contributed by atoms with Gasteiger partial charge < -0.3 is 15.3 Å². The topological polar surface area (TPSA) is 35.5 Å². The van der Waals surface area contributed by atoms with Gasteiger partial charge in [-0.25, -0.2) is 0 Å². The van der Waals surface area contributed by atoms with Crippen molar-refractivity contribution in [2.75, 3.05) is 26.2 Å². The molecule has 3 heteroatoms. The molecule has 0 aromatic heterocycles. The first-order chi connectivity index (χ1) is 7.26. The third-order valence-corrected chi connectivity index (χ3v) is 2.96. The third kappa shape index (κ3) is 6.13. The van der Waals surface area contributed by atoms with Crippen molar-refractivity contribution < 1.29 is 5.11 Å². The Balaban J connectivity index is 2.05. The highest BCUT2D eigenvalue weighted by molar-refractivity contribution is 4.82. The first kappa shape index (κ1) is 12.9. The Morgan fingerprint density at radius 1 is 1.40 bits per heavy atom. The summed E-state index contributed by atoms with van der Waals surface area (Å²) in [5.74, 6) is 0. The van der Waals surface area contributed by atoms with Gasteiger partial charge in [-0.05, 0) is 32.4 Å². The number of unbranched alkanes of at least 4 members (excludes halogenated alkanes) is 1. The highest BCUT2D eigenvalue weighted by Crippen LogP contribution is 2.18. The third-order valence-electron chi connectivity index (χ3n) is 2.96. The van der Waals surface area contributed by atoms with Gasteiger partial charge in [0.25, 0.3) is 0 Å². The molecule has 90 valence electrons. The van der Waals surface area contributed by atoms with E-state index in [0.717, 1.165) is 26.2 Å². The summed E-state index contributed by atoms with van der Waals surface area (Å²) in [5.41, 5.74) is 0. The number of nitrogens with one attached hydrogen (secondary N) is 1. The molecule has 0 heterocycles. The van der Waals surface area contributed by atoms with Gasteiger partial charge in [-0.3, -0.25) is 0 Å². The maximum atomic E-state index is 9.82. The van der Waals surface area contributed by atoms with E-state index in [1.54, 1.807) is 0 Å². The van der Waals surface area contributed by atoms with Crippen molar-refractivity contribution in [1.82, 2.24) is 10.2 Å². The second-order valence-corrected chi connectivity index (χ2v) is 4.58. The molecule has 1 atom stereocenters. The summed E-state index contributed by atoms with van der Waals surface area (Å²) in [6.07, 6.45) is 4.84. The molecule has 1 rings (SSSR count). The van der Waals surface area contributed by atoms with E-state index in [1.165, 1.54) is 25.7 Å². The summed E-state index contributed by atoms with van der Waals surface area (Å²) >= 11 is 0. The second kappa shape index (κ2) is 7.20. The molecular formula is C12H26N2O. The van der Waals surface area contributed by atoms with Crippen LogP contribution in [0.25, 0.3) is 0 Å². The lowest BCUT2D eigenvalue weighted by molar-refractivity contribution is 0.113. The summed E-state index contributed by atoms with van der Waals surface area (Å²) in [5, 5.41) is 13.2. The fraction of sp³-hybridized carbons (Fsp3) is 1.00. The van der Waals surface area contributed by atoms with Gasteiger partial charge in [0.05, 0.1) is 6.10 Å². The Hall–Kier alpha value is -0.120. The van der Waals surface area contributed by atoms with Crippen molar-refractivity contribution in [2.45, 2.75) is 51.7 Å². The van der Waals surface area contributed by atoms with Crippen LogP contribution < -0.4 is 5.32 Å². The van der Waals surface area contributed by atoms with Gasteiger partial charge in [0.15, 0.2) is 0 Å². The molecule has 15 heavy (non-hydrogen) atoms. The van der Waals surface area contributed by atoms with Crippen molar-refractivity contribution in [1.29, 1.82) is 0 Å². The number of rotatable bonds is 9. The first-order valence-corrected chi connectivity index (χ1v) is 6.40. The second-order valence-electron chi connectivity index (χ2n) is 4.58. The average Bonchev–Trinajstić information content (AvgIpc) is 3.05. The highest BCUT2D eigenvalue weighted by Gasteiger charge is 2.21. The van der Waals surface area contributed by atoms with E-state index in [0.29, 0.717) is 6.04 Å². The van der Waals surface area contributed by atoms with Crippen LogP contribution in [-0.4, -0.2) is 48.3 Å². The van der Waals surface area contributed by atoms with Crippen LogP contribution in [0.2, 0.25) is 0 Å². The monoisotopic (exact) mass is 214 g/mol. The van der Waals surface area contributed by atoms with E-state index in [4.69, 9.17) is 0 Å². The lowest BCUT2D eigenvalue weighted by Gasteiger charge is -2.23. The van der Waals surface area contributed by atoms with Gasteiger partial charge in [0.1, 0.15) is 0 Å². The van der Waals surface area contributed by atoms with Crippen LogP contribution in [0.1, 0.15) is 39.5 Å². The van der Waals surface area contributed by atoms with Gasteiger partial charge in [0.2, 0.25) is 0 Å². The Bertz CT molecular complexity index is 160. The zero-order valence-corrected chi connectivity index (χ0v) is 10.2. The van der Waals surface area contributed by atoms with Crippen LogP contribution in [0, 0.1) is 0 Å². The van der Waals surface area contributed by atoms with Gasteiger partial charge in [-0.15, -0.1) is 0 Å². The average molecular weight is 214 g/mol. The fourth-order valence-electron chi connectivity index (χ4n) is 1.71. The maximum Gasteiger partial charge on any atom is 0.0791 e. The number of likely N-dealkylation sites (N-methyl/N-ethyl adjacent to an activating group) is 1. The van der Waals surface area contributed by atoms with E-state index in [9.17, 15) is 5.11 Å². The van der Waals surface area contributed by atoms with Gasteiger partial charge in [-0.1, -0.05) is 20.3 Å². The zero-order chi connectivity index (χ0) is 11.1. The minimum Gasteiger partial charge on any atom is -0.390 e. The van der Waals surface area contributed by atoms with Gasteiger partial charge in [-0.2, -0.15) is 0 Å². The van der Waals surface area contributed by atoms with E-state index in [2.05, 4.69) is 24.1 Å². The molecule has 0 aliphatic heterocycles. The van der Waals surface area contributed by atoms with Crippen molar-refractivity contribution in [3.63, 3.8) is 0 Å². The lowest BCUT2D eigenvalue weighted by Crippen LogP contribution is -2.39. The molecule has 0 aromatic carbocycles. The highest BCUT2D eigenvalue weighted by atomic mass is 16.3. The van der Waals surface area contributed by atoms with Gasteiger partial charge in [0, 0.05) is 19.1 Å². The fourth-order valence-corrected chi connectivity index (χ4v) is 1.71. The number of aliphatic hydroxyl groups excluding tert-OH is 1. The molecule has 1 aliphatic carbocycles. The first-order valence-electron chi connectivity index (χ1n) is 6.40. The predicted octanol–water partition coefficient (Wildman–Crippen LogP) is 1.22. The molecule has 2 N–H and O–H groups in total. The van der Waals surface area contributed by atoms with Crippen LogP contribution >= 0.6 is 0 Å². The van der Waals surface area contributed by atoms with E-state index in [-0.39, 0.29) is 6.10 Å². The maximum absolute atomic E-state index is 9.82. The minimum absolute atomic E-state index is 0.206. The zero-order valence-electron chi connectivity index (χ0n) is 10.2. The Morgan fingerprint density at radius 2 is 2.13 bits per heavy atom. The number of hydrogen-bond donors (Lipinski definition) is 2. The van der Waals surface area contributed by atoms with Crippen LogP contribution in [0.5, 0.6) is 0 Å². The molecule has 1 fully saturated rings.